The van der Waals surface area contributed by atoms with Crippen LogP contribution in [-0.4, -0.2) is 30.5 Å². The summed E-state index contributed by atoms with van der Waals surface area (Å²) < 4.78 is 20.6. The molecule has 2 atom stereocenters. The molecule has 0 aliphatic heterocycles. The molecule has 1 heterocycles. The number of carbonyl (C=O) groups is 2. The number of hydrogen-bond acceptors (Lipinski definition) is 6. The van der Waals surface area contributed by atoms with Crippen LogP contribution in [0, 0.1) is 19.8 Å². The summed E-state index contributed by atoms with van der Waals surface area (Å²) in [5.41, 5.74) is 2.35. The van der Waals surface area contributed by atoms with E-state index in [1.807, 2.05) is 72.7 Å². The van der Waals surface area contributed by atoms with E-state index < -0.39 is 25.7 Å². The smallest absolute Gasteiger partial charge is 0.0585 e. The van der Waals surface area contributed by atoms with Gasteiger partial charge >= 0.3 is 192 Å². The van der Waals surface area contributed by atoms with Gasteiger partial charge in [0.1, 0.15) is 0 Å². The van der Waals surface area contributed by atoms with Gasteiger partial charge in [-0.15, -0.1) is 0 Å². The molecule has 0 radical (unpaired) electrons. The van der Waals surface area contributed by atoms with E-state index in [1.165, 1.54) is 5.56 Å². The zero-order valence-corrected chi connectivity index (χ0v) is 24.1. The molecule has 1 fully saturated rings. The molecule has 7 nitrogen and oxygen atoms in total. The molecule has 2 aromatic rings. The number of benzene rings is 1. The van der Waals surface area contributed by atoms with Crippen LogP contribution < -0.4 is 3.53 Å². The Hall–Kier alpha value is -1.94. The van der Waals surface area contributed by atoms with Crippen LogP contribution in [0.1, 0.15) is 77.3 Å². The molecule has 1 aliphatic rings. The van der Waals surface area contributed by atoms with Gasteiger partial charge in [0.05, 0.1) is 0 Å². The van der Waals surface area contributed by atoms with Gasteiger partial charge < -0.3 is 0 Å². The minimum atomic E-state index is -2.48. The van der Waals surface area contributed by atoms with E-state index in [2.05, 4.69) is 8.51 Å². The Morgan fingerprint density at radius 1 is 1.17 bits per heavy atom. The Kier molecular flexibility index (Phi) is 9.37. The molecule has 35 heavy (non-hydrogen) atoms. The molecule has 3 rings (SSSR count). The third kappa shape index (κ3) is 8.03. The van der Waals surface area contributed by atoms with Crippen molar-refractivity contribution in [2.75, 3.05) is 0 Å². The molecule has 1 aromatic carbocycles. The zero-order chi connectivity index (χ0) is 25.8. The van der Waals surface area contributed by atoms with Gasteiger partial charge in [0, 0.05) is 0 Å². The summed E-state index contributed by atoms with van der Waals surface area (Å²) >= 11 is -2.48. The number of carbonyl (C=O) groups excluding carboxylic acids is 2. The predicted molar refractivity (Wildman–Crippen MR) is 145 cm³/mol. The number of nitrogens with zero attached hydrogens (tertiary/aromatic N) is 1. The normalized spacial score (nSPS) is 18.9. The fraction of sp³-hybridized carbons (Fsp3) is 0.593. The zero-order valence-electron chi connectivity index (χ0n) is 21.9. The third-order valence-electron chi connectivity index (χ3n) is 5.83. The number of halogens is 1. The molecule has 1 amide bonds. The number of hydrogen-bond donors (Lipinski definition) is 1. The van der Waals surface area contributed by atoms with Crippen LogP contribution in [0.15, 0.2) is 28.7 Å². The van der Waals surface area contributed by atoms with Crippen LogP contribution >= 0.6 is 20.1 Å². The van der Waals surface area contributed by atoms with Crippen molar-refractivity contribution in [1.82, 2.24) is 8.51 Å². The van der Waals surface area contributed by atoms with Crippen molar-refractivity contribution in [3.63, 3.8) is 0 Å². The summed E-state index contributed by atoms with van der Waals surface area (Å²) in [4.78, 5) is 30.4. The molecule has 1 aliphatic carbocycles. The van der Waals surface area contributed by atoms with Crippen molar-refractivity contribution in [3.05, 3.63) is 41.3 Å². The first kappa shape index (κ1) is 27.6. The maximum atomic E-state index is 13.1. The van der Waals surface area contributed by atoms with Crippen LogP contribution in [0.3, 0.4) is 0 Å². The van der Waals surface area contributed by atoms with E-state index in [4.69, 9.17) is 13.9 Å². The van der Waals surface area contributed by atoms with Crippen molar-refractivity contribution in [2.24, 2.45) is 5.92 Å². The minimum Gasteiger partial charge on any atom is -0.0585 e. The number of oxazole rings is 1. The topological polar surface area (TPSA) is 90.7 Å². The van der Waals surface area contributed by atoms with Crippen LogP contribution in [0.25, 0.3) is 11.5 Å². The number of nitrogens with one attached hydrogen (secondary N) is 1. The summed E-state index contributed by atoms with van der Waals surface area (Å²) in [6.07, 6.45) is 3.25. The van der Waals surface area contributed by atoms with Gasteiger partial charge in [-0.3, -0.25) is 0 Å². The van der Waals surface area contributed by atoms with E-state index in [0.29, 0.717) is 18.9 Å². The summed E-state index contributed by atoms with van der Waals surface area (Å²) in [5.74, 6) is 1.14. The number of amides is 1. The van der Waals surface area contributed by atoms with E-state index in [-0.39, 0.29) is 25.8 Å². The SMILES string of the molecule is Cc1ccc(-c2nc(CO[C@H]3CCC[C@@H](C(=O)NI(C(=O)OC(C)(C)C)C(C)C)C3)c(C)o2)cc1. The molecule has 8 heteroatoms. The van der Waals surface area contributed by atoms with Gasteiger partial charge in [0.25, 0.3) is 0 Å². The summed E-state index contributed by atoms with van der Waals surface area (Å²) in [5, 5.41) is 0. The average molecular weight is 599 g/mol. The predicted octanol–water partition coefficient (Wildman–Crippen LogP) is 6.91. The average Bonchev–Trinajstić information content (AvgIpc) is 3.15. The van der Waals surface area contributed by atoms with Crippen LogP contribution in [-0.2, 0) is 20.9 Å². The maximum absolute atomic E-state index is 13.1. The van der Waals surface area contributed by atoms with Crippen molar-refractivity contribution in [3.8, 4) is 11.5 Å². The van der Waals surface area contributed by atoms with Crippen molar-refractivity contribution >= 4 is 30.0 Å². The van der Waals surface area contributed by atoms with Crippen molar-refractivity contribution < 1.29 is 23.5 Å². The first-order chi connectivity index (χ1) is 16.4. The fourth-order valence-electron chi connectivity index (χ4n) is 3.90. The Labute approximate surface area is 216 Å². The van der Waals surface area contributed by atoms with Crippen LogP contribution in [0.5, 0.6) is 0 Å². The summed E-state index contributed by atoms with van der Waals surface area (Å²) in [6, 6.07) is 8.07. The van der Waals surface area contributed by atoms with Gasteiger partial charge in [-0.05, 0) is 6.92 Å². The molecule has 0 saturated heterocycles. The monoisotopic (exact) mass is 598 g/mol. The standard InChI is InChI=1S/C27H39IN2O5/c1-17(2)28(26(32)35-27(5,6)7)30-24(31)21-9-8-10-22(15-21)33-16-23-19(4)34-25(29-23)20-13-11-18(3)12-14-20/h11-14,17,21-22H,8-10,15-16H2,1-7H3,(H,30,31)/t21-,22+/m1/s1. The van der Waals surface area contributed by atoms with Crippen molar-refractivity contribution in [2.45, 2.75) is 96.4 Å². The first-order valence-corrected chi connectivity index (χ1v) is 15.7. The molecule has 1 aromatic heterocycles. The van der Waals surface area contributed by atoms with Crippen LogP contribution in [0.4, 0.5) is 4.79 Å². The number of aryl methyl sites for hydroxylation is 2. The van der Waals surface area contributed by atoms with Crippen LogP contribution in [0.2, 0.25) is 0 Å². The second kappa shape index (κ2) is 11.9. The minimum absolute atomic E-state index is 0.0266. The number of alkyl halides is 1. The summed E-state index contributed by atoms with van der Waals surface area (Å²) in [7, 11) is 0. The molecular weight excluding hydrogens is 559 g/mol. The number of rotatable bonds is 8. The quantitative estimate of drug-likeness (QED) is 0.154. The Balaban J connectivity index is 1.56. The van der Waals surface area contributed by atoms with Gasteiger partial charge in [-0.2, -0.15) is 0 Å². The third-order valence-corrected chi connectivity index (χ3v) is 10.6. The number of aromatic nitrogens is 1. The molecular formula is C27H39IN2O5. The molecule has 0 bridgehead atoms. The first-order valence-electron chi connectivity index (χ1n) is 12.3. The molecule has 194 valence electrons. The number of ether oxygens (including phenoxy) is 2. The van der Waals surface area contributed by atoms with Gasteiger partial charge in [0.15, 0.2) is 0 Å². The summed E-state index contributed by atoms with van der Waals surface area (Å²) in [6.45, 7) is 13.8. The molecule has 0 unspecified atom stereocenters. The van der Waals surface area contributed by atoms with Crippen molar-refractivity contribution in [1.29, 1.82) is 0 Å². The second-order valence-corrected chi connectivity index (χ2v) is 16.1. The van der Waals surface area contributed by atoms with Gasteiger partial charge in [-0.25, -0.2) is 0 Å². The molecule has 1 saturated carbocycles. The van der Waals surface area contributed by atoms with Gasteiger partial charge in [0.2, 0.25) is 0 Å². The Morgan fingerprint density at radius 3 is 2.49 bits per heavy atom. The Bertz CT molecular complexity index is 1010. The Morgan fingerprint density at radius 2 is 1.86 bits per heavy atom. The van der Waals surface area contributed by atoms with Gasteiger partial charge in [-0.1, -0.05) is 17.7 Å². The van der Waals surface area contributed by atoms with E-state index >= 15 is 0 Å². The molecule has 1 N–H and O–H groups in total. The fourth-order valence-corrected chi connectivity index (χ4v) is 7.67. The molecule has 0 spiro atoms. The van der Waals surface area contributed by atoms with E-state index in [0.717, 1.165) is 36.3 Å². The second-order valence-electron chi connectivity index (χ2n) is 10.4. The van der Waals surface area contributed by atoms with E-state index in [1.54, 1.807) is 0 Å². The van der Waals surface area contributed by atoms with E-state index in [9.17, 15) is 9.59 Å².